The number of rotatable bonds is 5. The van der Waals surface area contributed by atoms with E-state index in [1.54, 1.807) is 0 Å². The van der Waals surface area contributed by atoms with E-state index in [1.807, 2.05) is 33.2 Å². The number of hydrogen-bond acceptors (Lipinski definition) is 2. The first kappa shape index (κ1) is 15.6. The van der Waals surface area contributed by atoms with E-state index in [2.05, 4.69) is 40.0 Å². The Morgan fingerprint density at radius 3 is 2.50 bits per heavy atom. The fraction of sp³-hybridized carbons (Fsp3) is 0.571. The van der Waals surface area contributed by atoms with E-state index in [9.17, 15) is 4.39 Å². The SMILES string of the molecule is CC(NCC(C)(C)N(C)C)c1ccc(Br)cc1F. The van der Waals surface area contributed by atoms with Crippen LogP contribution in [0.5, 0.6) is 0 Å². The Labute approximate surface area is 118 Å². The van der Waals surface area contributed by atoms with Crippen molar-refractivity contribution in [1.29, 1.82) is 0 Å². The normalized spacial score (nSPS) is 14.0. The molecule has 0 aliphatic rings. The van der Waals surface area contributed by atoms with Crippen molar-refractivity contribution >= 4 is 15.9 Å². The van der Waals surface area contributed by atoms with E-state index in [4.69, 9.17) is 0 Å². The molecule has 0 aliphatic heterocycles. The lowest BCUT2D eigenvalue weighted by molar-refractivity contribution is 0.185. The summed E-state index contributed by atoms with van der Waals surface area (Å²) in [4.78, 5) is 2.16. The van der Waals surface area contributed by atoms with Gasteiger partial charge in [-0.1, -0.05) is 22.0 Å². The first-order valence-corrected chi connectivity index (χ1v) is 6.89. The van der Waals surface area contributed by atoms with Crippen molar-refractivity contribution in [3.8, 4) is 0 Å². The van der Waals surface area contributed by atoms with E-state index in [0.717, 1.165) is 11.0 Å². The van der Waals surface area contributed by atoms with Gasteiger partial charge in [-0.15, -0.1) is 0 Å². The lowest BCUT2D eigenvalue weighted by Gasteiger charge is -2.34. The summed E-state index contributed by atoms with van der Waals surface area (Å²) in [5.41, 5.74) is 0.743. The van der Waals surface area contributed by atoms with Crippen molar-refractivity contribution in [3.05, 3.63) is 34.1 Å². The van der Waals surface area contributed by atoms with Crippen LogP contribution in [0.25, 0.3) is 0 Å². The molecule has 0 radical (unpaired) electrons. The molecule has 0 aliphatic carbocycles. The summed E-state index contributed by atoms with van der Waals surface area (Å²) in [6, 6.07) is 5.19. The summed E-state index contributed by atoms with van der Waals surface area (Å²) in [7, 11) is 4.10. The lowest BCUT2D eigenvalue weighted by Crippen LogP contribution is -2.47. The van der Waals surface area contributed by atoms with Gasteiger partial charge in [-0.3, -0.25) is 0 Å². The van der Waals surface area contributed by atoms with E-state index in [-0.39, 0.29) is 17.4 Å². The zero-order valence-corrected chi connectivity index (χ0v) is 13.3. The third-order valence-electron chi connectivity index (χ3n) is 3.48. The minimum Gasteiger partial charge on any atom is -0.308 e. The van der Waals surface area contributed by atoms with Gasteiger partial charge in [-0.2, -0.15) is 0 Å². The summed E-state index contributed by atoms with van der Waals surface area (Å²) < 4.78 is 14.6. The Morgan fingerprint density at radius 1 is 1.39 bits per heavy atom. The van der Waals surface area contributed by atoms with Crippen molar-refractivity contribution in [2.24, 2.45) is 0 Å². The van der Waals surface area contributed by atoms with E-state index < -0.39 is 0 Å². The quantitative estimate of drug-likeness (QED) is 0.893. The molecule has 0 fully saturated rings. The molecule has 1 unspecified atom stereocenters. The van der Waals surface area contributed by atoms with Gasteiger partial charge >= 0.3 is 0 Å². The molecule has 1 atom stereocenters. The van der Waals surface area contributed by atoms with Crippen molar-refractivity contribution in [1.82, 2.24) is 10.2 Å². The molecule has 0 saturated heterocycles. The standard InChI is InChI=1S/C14H22BrFN2/c1-10(17-9-14(2,3)18(4)5)12-7-6-11(15)8-13(12)16/h6-8,10,17H,9H2,1-5H3. The topological polar surface area (TPSA) is 15.3 Å². The highest BCUT2D eigenvalue weighted by Gasteiger charge is 2.21. The Bertz CT molecular complexity index is 405. The highest BCUT2D eigenvalue weighted by atomic mass is 79.9. The van der Waals surface area contributed by atoms with Crippen LogP contribution in [0, 0.1) is 5.82 Å². The van der Waals surface area contributed by atoms with Crippen LogP contribution in [0.3, 0.4) is 0 Å². The second-order valence-corrected chi connectivity index (χ2v) is 6.39. The zero-order valence-electron chi connectivity index (χ0n) is 11.7. The molecule has 4 heteroatoms. The van der Waals surface area contributed by atoms with E-state index >= 15 is 0 Å². The van der Waals surface area contributed by atoms with Crippen LogP contribution in [0.4, 0.5) is 4.39 Å². The maximum Gasteiger partial charge on any atom is 0.129 e. The molecular weight excluding hydrogens is 295 g/mol. The molecule has 0 aromatic heterocycles. The largest absolute Gasteiger partial charge is 0.308 e. The summed E-state index contributed by atoms with van der Waals surface area (Å²) in [6.07, 6.45) is 0. The molecule has 0 bridgehead atoms. The van der Waals surface area contributed by atoms with Crippen molar-refractivity contribution in [2.45, 2.75) is 32.4 Å². The summed E-state index contributed by atoms with van der Waals surface area (Å²) in [5, 5.41) is 3.38. The van der Waals surface area contributed by atoms with Crippen LogP contribution in [-0.4, -0.2) is 31.1 Å². The molecule has 0 amide bonds. The highest BCUT2D eigenvalue weighted by molar-refractivity contribution is 9.10. The molecule has 102 valence electrons. The fourth-order valence-electron chi connectivity index (χ4n) is 1.52. The van der Waals surface area contributed by atoms with Crippen LogP contribution in [0.1, 0.15) is 32.4 Å². The van der Waals surface area contributed by atoms with Crippen LogP contribution < -0.4 is 5.32 Å². The van der Waals surface area contributed by atoms with Crippen LogP contribution in [0.2, 0.25) is 0 Å². The van der Waals surface area contributed by atoms with Crippen LogP contribution in [0.15, 0.2) is 22.7 Å². The van der Waals surface area contributed by atoms with Gasteiger partial charge in [0.05, 0.1) is 0 Å². The van der Waals surface area contributed by atoms with Gasteiger partial charge in [0.25, 0.3) is 0 Å². The second kappa shape index (κ2) is 6.13. The van der Waals surface area contributed by atoms with Crippen LogP contribution in [-0.2, 0) is 0 Å². The Morgan fingerprint density at radius 2 is 2.00 bits per heavy atom. The summed E-state index contributed by atoms with van der Waals surface area (Å²) in [5.74, 6) is -0.174. The predicted octanol–water partition coefficient (Wildman–Crippen LogP) is 3.58. The van der Waals surface area contributed by atoms with Gasteiger partial charge in [0.1, 0.15) is 5.82 Å². The van der Waals surface area contributed by atoms with E-state index in [1.165, 1.54) is 6.07 Å². The number of benzene rings is 1. The maximum atomic E-state index is 13.8. The molecule has 1 N–H and O–H groups in total. The van der Waals surface area contributed by atoms with Gasteiger partial charge < -0.3 is 10.2 Å². The number of likely N-dealkylation sites (N-methyl/N-ethyl adjacent to an activating group) is 1. The van der Waals surface area contributed by atoms with Crippen molar-refractivity contribution in [2.75, 3.05) is 20.6 Å². The molecule has 2 nitrogen and oxygen atoms in total. The minimum absolute atomic E-state index is 0.00248. The van der Waals surface area contributed by atoms with Gasteiger partial charge in [-0.05, 0) is 47.0 Å². The predicted molar refractivity (Wildman–Crippen MR) is 78.3 cm³/mol. The molecule has 18 heavy (non-hydrogen) atoms. The average Bonchev–Trinajstić information content (AvgIpc) is 2.25. The first-order valence-electron chi connectivity index (χ1n) is 6.10. The number of nitrogens with one attached hydrogen (secondary N) is 1. The maximum absolute atomic E-state index is 13.8. The van der Waals surface area contributed by atoms with Gasteiger partial charge in [0, 0.05) is 28.2 Å². The fourth-order valence-corrected chi connectivity index (χ4v) is 1.86. The van der Waals surface area contributed by atoms with E-state index in [0.29, 0.717) is 5.56 Å². The van der Waals surface area contributed by atoms with Crippen LogP contribution >= 0.6 is 15.9 Å². The van der Waals surface area contributed by atoms with Gasteiger partial charge in [0.15, 0.2) is 0 Å². The van der Waals surface area contributed by atoms with Gasteiger partial charge in [-0.25, -0.2) is 4.39 Å². The molecule has 1 aromatic carbocycles. The number of hydrogen-bond donors (Lipinski definition) is 1. The molecule has 0 saturated carbocycles. The smallest absolute Gasteiger partial charge is 0.129 e. The number of halogens is 2. The molecule has 1 rings (SSSR count). The monoisotopic (exact) mass is 316 g/mol. The highest BCUT2D eigenvalue weighted by Crippen LogP contribution is 2.21. The summed E-state index contributed by atoms with van der Waals surface area (Å²) in [6.45, 7) is 7.10. The zero-order chi connectivity index (χ0) is 13.9. The Balaban J connectivity index is 2.69. The Hall–Kier alpha value is -0.450. The minimum atomic E-state index is -0.174. The van der Waals surface area contributed by atoms with Gasteiger partial charge in [0.2, 0.25) is 0 Å². The third kappa shape index (κ3) is 4.04. The Kier molecular flexibility index (Phi) is 5.32. The molecular formula is C14H22BrFN2. The molecule has 1 aromatic rings. The third-order valence-corrected chi connectivity index (χ3v) is 3.97. The summed E-state index contributed by atoms with van der Waals surface area (Å²) >= 11 is 3.27. The van der Waals surface area contributed by atoms with Crippen molar-refractivity contribution < 1.29 is 4.39 Å². The average molecular weight is 317 g/mol. The number of nitrogens with zero attached hydrogens (tertiary/aromatic N) is 1. The van der Waals surface area contributed by atoms with Crippen molar-refractivity contribution in [3.63, 3.8) is 0 Å². The first-order chi connectivity index (χ1) is 8.24. The molecule has 0 spiro atoms. The second-order valence-electron chi connectivity index (χ2n) is 5.48. The molecule has 0 heterocycles. The lowest BCUT2D eigenvalue weighted by atomic mass is 10.0.